The van der Waals surface area contributed by atoms with Gasteiger partial charge in [0.1, 0.15) is 42.2 Å². The highest BCUT2D eigenvalue weighted by atomic mass is 19.1. The predicted molar refractivity (Wildman–Crippen MR) is 252 cm³/mol. The summed E-state index contributed by atoms with van der Waals surface area (Å²) < 4.78 is 57.2. The average Bonchev–Trinajstić information content (AvgIpc) is 3.95. The quantitative estimate of drug-likeness (QED) is 0.0355. The number of unbranched alkanes of at least 4 members (excludes halogenated alkanes) is 13. The van der Waals surface area contributed by atoms with Crippen LogP contribution in [-0.4, -0.2) is 90.3 Å². The van der Waals surface area contributed by atoms with Gasteiger partial charge in [0.25, 0.3) is 0 Å². The number of nitrogens with one attached hydrogen (secondary N) is 1. The van der Waals surface area contributed by atoms with Crippen LogP contribution in [0.25, 0.3) is 32.8 Å². The van der Waals surface area contributed by atoms with Gasteiger partial charge in [0.05, 0.1) is 17.0 Å². The number of carbonyl (C=O) groups is 1. The summed E-state index contributed by atoms with van der Waals surface area (Å²) in [7, 11) is 0. The number of benzene rings is 3. The van der Waals surface area contributed by atoms with Crippen molar-refractivity contribution < 1.29 is 32.5 Å². The van der Waals surface area contributed by atoms with Gasteiger partial charge in [-0.2, -0.15) is 9.97 Å². The first-order valence-electron chi connectivity index (χ1n) is 24.9. The van der Waals surface area contributed by atoms with Crippen LogP contribution in [0, 0.1) is 18.2 Å². The van der Waals surface area contributed by atoms with E-state index in [1.54, 1.807) is 12.1 Å². The first kappa shape index (κ1) is 45.4. The molecule has 12 heteroatoms. The van der Waals surface area contributed by atoms with E-state index in [-0.39, 0.29) is 54.6 Å². The fourth-order valence-electron chi connectivity index (χ4n) is 11.5. The molecule has 5 atom stereocenters. The van der Waals surface area contributed by atoms with Gasteiger partial charge in [-0.3, -0.25) is 9.69 Å². The van der Waals surface area contributed by atoms with Gasteiger partial charge >= 0.3 is 12.0 Å². The van der Waals surface area contributed by atoms with Gasteiger partial charge in [0.2, 0.25) is 6.79 Å². The highest BCUT2D eigenvalue weighted by molar-refractivity contribution is 6.06. The Hall–Kier alpha value is -4.73. The molecular weight excluding hydrogens is 825 g/mol. The summed E-state index contributed by atoms with van der Waals surface area (Å²) in [5.74, 6) is 3.36. The molecule has 6 heterocycles. The van der Waals surface area contributed by atoms with E-state index in [4.69, 9.17) is 35.3 Å². The lowest BCUT2D eigenvalue weighted by molar-refractivity contribution is -0.150. The van der Waals surface area contributed by atoms with Gasteiger partial charge in [-0.05, 0) is 73.9 Å². The number of carbonyl (C=O) groups excluding carboxylic acids is 1. The molecule has 4 saturated heterocycles. The molecule has 5 aliphatic rings. The first-order chi connectivity index (χ1) is 31.8. The third kappa shape index (κ3) is 10.0. The van der Waals surface area contributed by atoms with Crippen LogP contribution in [0.1, 0.15) is 141 Å². The fourth-order valence-corrected chi connectivity index (χ4v) is 11.5. The monoisotopic (exact) mass is 892 g/mol. The van der Waals surface area contributed by atoms with Gasteiger partial charge in [0, 0.05) is 54.5 Å². The number of halogens is 2. The van der Waals surface area contributed by atoms with E-state index in [0.717, 1.165) is 56.9 Å². The molecule has 1 aromatic heterocycles. The molecule has 10 nitrogen and oxygen atoms in total. The predicted octanol–water partition coefficient (Wildman–Crippen LogP) is 11.0. The highest BCUT2D eigenvalue weighted by Crippen LogP contribution is 2.47. The molecule has 5 aliphatic heterocycles. The number of aromatic nitrogens is 2. The Morgan fingerprint density at radius 3 is 2.48 bits per heavy atom. The van der Waals surface area contributed by atoms with Crippen molar-refractivity contribution in [3.8, 4) is 41.0 Å². The van der Waals surface area contributed by atoms with Crippen molar-refractivity contribution in [2.45, 2.75) is 165 Å². The number of terminal acetylenes is 1. The van der Waals surface area contributed by atoms with Crippen LogP contribution in [0.5, 0.6) is 17.5 Å². The minimum atomic E-state index is -0.911. The largest absolute Gasteiger partial charge is 0.491 e. The van der Waals surface area contributed by atoms with Crippen molar-refractivity contribution in [3.63, 3.8) is 0 Å². The number of alkyl halides is 1. The molecule has 3 aromatic carbocycles. The maximum absolute atomic E-state index is 17.7. The van der Waals surface area contributed by atoms with Gasteiger partial charge in [0.15, 0.2) is 5.82 Å². The summed E-state index contributed by atoms with van der Waals surface area (Å²) in [6, 6.07) is 11.4. The van der Waals surface area contributed by atoms with Crippen LogP contribution >= 0.6 is 0 Å². The van der Waals surface area contributed by atoms with Crippen molar-refractivity contribution in [1.82, 2.24) is 20.2 Å². The molecule has 0 amide bonds. The SMILES string of the molecule is C#Cc1cccc2cc(OCOC(=O)CCCCCCCCCCCCCCCC)cc(-c3cc4c5c(nc(OC[C@@]67CCCN6C[C@H](F)C7)nc5c3F)N3C[C@H]5CC[C@H](N5)[C@H]3CO4)c12. The number of rotatable bonds is 22. The Labute approximate surface area is 383 Å². The van der Waals surface area contributed by atoms with Crippen molar-refractivity contribution in [1.29, 1.82) is 0 Å². The second-order valence-electron chi connectivity index (χ2n) is 19.4. The zero-order chi connectivity index (χ0) is 44.8. The van der Waals surface area contributed by atoms with E-state index in [0.29, 0.717) is 71.8 Å². The first-order valence-corrected chi connectivity index (χ1v) is 24.9. The number of fused-ring (bicyclic) bond motifs is 7. The number of esters is 1. The Morgan fingerprint density at radius 2 is 1.71 bits per heavy atom. The van der Waals surface area contributed by atoms with Crippen LogP contribution in [0.4, 0.5) is 14.6 Å². The van der Waals surface area contributed by atoms with Crippen molar-refractivity contribution in [2.75, 3.05) is 44.5 Å². The standard InChI is InChI=1S/C53H67F2N5O5/c1-3-5-6-7-8-9-10-11-12-13-14-15-16-17-22-46(61)65-35-64-40-27-37-21-18-20-36(4-2)47(37)41(28-40)42-29-45-48-50(49(42)55)57-52(63-34-53-25-19-26-59(53)31-38(54)30-53)58-51(48)60-32-39-23-24-43(56-39)44(60)33-62-45/h2,18,20-21,27-29,38-39,43-44,56H,3,5-17,19,22-26,30-35H2,1H3/t38-,39-,43+,44-,53+/m1/s1. The summed E-state index contributed by atoms with van der Waals surface area (Å²) in [5, 5.41) is 5.65. The van der Waals surface area contributed by atoms with E-state index >= 15 is 4.39 Å². The maximum atomic E-state index is 17.7. The second-order valence-corrected chi connectivity index (χ2v) is 19.4. The molecule has 2 bridgehead atoms. The molecule has 0 saturated carbocycles. The average molecular weight is 892 g/mol. The van der Waals surface area contributed by atoms with Crippen LogP contribution < -0.4 is 24.4 Å². The summed E-state index contributed by atoms with van der Waals surface area (Å²) in [4.78, 5) is 27.0. The lowest BCUT2D eigenvalue weighted by Crippen LogP contribution is -2.60. The summed E-state index contributed by atoms with van der Waals surface area (Å²) >= 11 is 0. The topological polar surface area (TPSA) is 98.3 Å². The summed E-state index contributed by atoms with van der Waals surface area (Å²) in [6.45, 7) is 4.50. The van der Waals surface area contributed by atoms with E-state index in [1.807, 2.05) is 24.3 Å². The summed E-state index contributed by atoms with van der Waals surface area (Å²) in [5.41, 5.74) is 0.957. The van der Waals surface area contributed by atoms with E-state index < -0.39 is 17.5 Å². The minimum Gasteiger partial charge on any atom is -0.491 e. The third-order valence-electron chi connectivity index (χ3n) is 14.9. The van der Waals surface area contributed by atoms with E-state index in [9.17, 15) is 9.18 Å². The highest BCUT2D eigenvalue weighted by Gasteiger charge is 2.50. The van der Waals surface area contributed by atoms with Gasteiger partial charge in [-0.15, -0.1) is 6.42 Å². The molecule has 0 spiro atoms. The Balaban J connectivity index is 0.911. The van der Waals surface area contributed by atoms with E-state index in [2.05, 4.69) is 28.0 Å². The van der Waals surface area contributed by atoms with E-state index in [1.165, 1.54) is 70.6 Å². The molecule has 9 rings (SSSR count). The molecule has 65 heavy (non-hydrogen) atoms. The maximum Gasteiger partial charge on any atom is 0.319 e. The molecule has 4 fully saturated rings. The molecule has 1 N–H and O–H groups in total. The molecular formula is C53H67F2N5O5. The number of nitrogens with zero attached hydrogens (tertiary/aromatic N) is 4. The van der Waals surface area contributed by atoms with Gasteiger partial charge in [-0.25, -0.2) is 8.78 Å². The molecule has 0 aliphatic carbocycles. The smallest absolute Gasteiger partial charge is 0.319 e. The minimum absolute atomic E-state index is 0.0349. The number of piperazine rings is 1. The van der Waals surface area contributed by atoms with Crippen LogP contribution in [0.3, 0.4) is 0 Å². The van der Waals surface area contributed by atoms with Crippen LogP contribution in [0.15, 0.2) is 36.4 Å². The Kier molecular flexibility index (Phi) is 14.6. The normalized spacial score (nSPS) is 23.3. The lowest BCUT2D eigenvalue weighted by atomic mass is 9.93. The molecule has 348 valence electrons. The third-order valence-corrected chi connectivity index (χ3v) is 14.9. The Morgan fingerprint density at radius 1 is 0.938 bits per heavy atom. The molecule has 0 radical (unpaired) electrons. The zero-order valence-corrected chi connectivity index (χ0v) is 38.3. The van der Waals surface area contributed by atoms with Crippen molar-refractivity contribution in [3.05, 3.63) is 47.8 Å². The molecule has 4 aromatic rings. The zero-order valence-electron chi connectivity index (χ0n) is 38.3. The summed E-state index contributed by atoms with van der Waals surface area (Å²) in [6.07, 6.45) is 27.2. The fraction of sp³-hybridized carbons (Fsp3) is 0.604. The Bertz CT molecular complexity index is 2360. The van der Waals surface area contributed by atoms with Crippen molar-refractivity contribution in [2.24, 2.45) is 0 Å². The number of ether oxygens (including phenoxy) is 4. The lowest BCUT2D eigenvalue weighted by Gasteiger charge is -2.40. The number of hydrogen-bond donors (Lipinski definition) is 1. The second kappa shape index (κ2) is 20.8. The molecule has 0 unspecified atom stereocenters. The van der Waals surface area contributed by atoms with Gasteiger partial charge in [-0.1, -0.05) is 108 Å². The van der Waals surface area contributed by atoms with Gasteiger partial charge < -0.3 is 29.2 Å². The van der Waals surface area contributed by atoms with Crippen molar-refractivity contribution >= 4 is 33.5 Å². The van der Waals surface area contributed by atoms with Crippen LogP contribution in [-0.2, 0) is 9.53 Å². The van der Waals surface area contributed by atoms with Crippen LogP contribution in [0.2, 0.25) is 0 Å². The number of anilines is 1. The number of hydrogen-bond acceptors (Lipinski definition) is 10.